The first-order valence-electron chi connectivity index (χ1n) is 9.27. The molecule has 3 nitrogen and oxygen atoms in total. The van der Waals surface area contributed by atoms with Crippen LogP contribution in [0.1, 0.15) is 11.1 Å². The molecule has 0 aromatic heterocycles. The van der Waals surface area contributed by atoms with Crippen LogP contribution < -0.4 is 9.47 Å². The third-order valence-electron chi connectivity index (χ3n) is 4.38. The minimum atomic E-state index is 0.731. The summed E-state index contributed by atoms with van der Waals surface area (Å²) in [5.74, 6) is 2.35. The van der Waals surface area contributed by atoms with Gasteiger partial charge in [0.25, 0.3) is 0 Å². The number of aliphatic imine (C=N–C) groups is 1. The smallest absolute Gasteiger partial charge is 0.160 e. The van der Waals surface area contributed by atoms with E-state index >= 15 is 0 Å². The molecular formula is C24H25NO2S. The predicted octanol–water partition coefficient (Wildman–Crippen LogP) is 5.53. The summed E-state index contributed by atoms with van der Waals surface area (Å²) in [5, 5.41) is 0. The zero-order valence-corrected chi connectivity index (χ0v) is 17.1. The fourth-order valence-electron chi connectivity index (χ4n) is 2.88. The molecule has 28 heavy (non-hydrogen) atoms. The van der Waals surface area contributed by atoms with Gasteiger partial charge in [0.2, 0.25) is 0 Å². The summed E-state index contributed by atoms with van der Waals surface area (Å²) in [6.45, 7) is 0.731. The van der Waals surface area contributed by atoms with Crippen LogP contribution in [0.2, 0.25) is 0 Å². The number of nitrogens with zero attached hydrogens (tertiary/aromatic N) is 1. The van der Waals surface area contributed by atoms with E-state index in [0.717, 1.165) is 35.9 Å². The molecule has 0 fully saturated rings. The molecule has 0 unspecified atom stereocenters. The van der Waals surface area contributed by atoms with Gasteiger partial charge in [-0.3, -0.25) is 4.99 Å². The highest BCUT2D eigenvalue weighted by Gasteiger charge is 2.06. The van der Waals surface area contributed by atoms with Gasteiger partial charge < -0.3 is 9.47 Å². The quantitative estimate of drug-likeness (QED) is 0.355. The minimum absolute atomic E-state index is 0.731. The Hall–Kier alpha value is -2.72. The van der Waals surface area contributed by atoms with E-state index in [4.69, 9.17) is 14.5 Å². The van der Waals surface area contributed by atoms with Crippen molar-refractivity contribution in [1.82, 2.24) is 0 Å². The van der Waals surface area contributed by atoms with Gasteiger partial charge >= 0.3 is 0 Å². The van der Waals surface area contributed by atoms with Crippen LogP contribution in [0, 0.1) is 0 Å². The lowest BCUT2D eigenvalue weighted by Crippen LogP contribution is -2.06. The fourth-order valence-corrected chi connectivity index (χ4v) is 3.79. The van der Waals surface area contributed by atoms with Gasteiger partial charge in [-0.05, 0) is 41.8 Å². The van der Waals surface area contributed by atoms with E-state index in [1.807, 2.05) is 36.0 Å². The number of rotatable bonds is 9. The molecule has 0 saturated carbocycles. The van der Waals surface area contributed by atoms with Crippen molar-refractivity contribution >= 4 is 17.5 Å². The van der Waals surface area contributed by atoms with Gasteiger partial charge in [-0.1, -0.05) is 54.6 Å². The lowest BCUT2D eigenvalue weighted by molar-refractivity contribution is 0.354. The number of methoxy groups -OCH3 is 2. The second-order valence-corrected chi connectivity index (χ2v) is 7.28. The van der Waals surface area contributed by atoms with Crippen molar-refractivity contribution in [1.29, 1.82) is 0 Å². The number of benzene rings is 3. The second-order valence-electron chi connectivity index (χ2n) is 6.24. The molecular weight excluding hydrogens is 366 g/mol. The monoisotopic (exact) mass is 391 g/mol. The highest BCUT2D eigenvalue weighted by molar-refractivity contribution is 8.00. The highest BCUT2D eigenvalue weighted by Crippen LogP contribution is 2.27. The van der Waals surface area contributed by atoms with E-state index in [2.05, 4.69) is 54.6 Å². The molecule has 0 aliphatic heterocycles. The summed E-state index contributed by atoms with van der Waals surface area (Å²) in [6, 6.07) is 26.9. The standard InChI is InChI=1S/C24H25NO2S/c1-26-23-14-13-19(17-24(23)27-2)15-16-25-22(20-9-5-3-6-10-20)18-28-21-11-7-4-8-12-21/h3-14,17H,15-16,18H2,1-2H3. The zero-order valence-electron chi connectivity index (χ0n) is 16.3. The number of thioether (sulfide) groups is 1. The van der Waals surface area contributed by atoms with Crippen molar-refractivity contribution in [3.05, 3.63) is 90.0 Å². The molecule has 0 aliphatic carbocycles. The Morgan fingerprint density at radius 3 is 2.18 bits per heavy atom. The molecule has 0 saturated heterocycles. The van der Waals surface area contributed by atoms with Gasteiger partial charge in [-0.15, -0.1) is 11.8 Å². The molecule has 4 heteroatoms. The average molecular weight is 392 g/mol. The first-order valence-corrected chi connectivity index (χ1v) is 10.3. The predicted molar refractivity (Wildman–Crippen MR) is 118 cm³/mol. The van der Waals surface area contributed by atoms with Crippen LogP contribution in [0.25, 0.3) is 0 Å². The molecule has 3 aromatic rings. The van der Waals surface area contributed by atoms with Crippen molar-refractivity contribution in [3.8, 4) is 11.5 Å². The van der Waals surface area contributed by atoms with E-state index in [9.17, 15) is 0 Å². The summed E-state index contributed by atoms with van der Waals surface area (Å²) in [4.78, 5) is 6.18. The van der Waals surface area contributed by atoms with Gasteiger partial charge in [-0.2, -0.15) is 0 Å². The third kappa shape index (κ3) is 5.64. The molecule has 3 rings (SSSR count). The molecule has 0 amide bonds. The molecule has 3 aromatic carbocycles. The maximum atomic E-state index is 5.40. The average Bonchev–Trinajstić information content (AvgIpc) is 2.77. The van der Waals surface area contributed by atoms with E-state index in [0.29, 0.717) is 0 Å². The summed E-state index contributed by atoms with van der Waals surface area (Å²) >= 11 is 1.81. The van der Waals surface area contributed by atoms with Crippen molar-refractivity contribution in [2.45, 2.75) is 11.3 Å². The number of hydrogen-bond acceptors (Lipinski definition) is 4. The van der Waals surface area contributed by atoms with Crippen LogP contribution in [-0.4, -0.2) is 32.2 Å². The lowest BCUT2D eigenvalue weighted by Gasteiger charge is -2.10. The molecule has 144 valence electrons. The Balaban J connectivity index is 1.70. The number of ether oxygens (including phenoxy) is 2. The minimum Gasteiger partial charge on any atom is -0.493 e. The maximum Gasteiger partial charge on any atom is 0.160 e. The van der Waals surface area contributed by atoms with Gasteiger partial charge in [0.15, 0.2) is 11.5 Å². The summed E-state index contributed by atoms with van der Waals surface area (Å²) in [7, 11) is 3.31. The molecule has 0 heterocycles. The Morgan fingerprint density at radius 1 is 0.821 bits per heavy atom. The van der Waals surface area contributed by atoms with E-state index in [-0.39, 0.29) is 0 Å². The van der Waals surface area contributed by atoms with Crippen molar-refractivity contribution < 1.29 is 9.47 Å². The Morgan fingerprint density at radius 2 is 1.50 bits per heavy atom. The Kier molecular flexibility index (Phi) is 7.56. The van der Waals surface area contributed by atoms with Crippen molar-refractivity contribution in [2.24, 2.45) is 4.99 Å². The summed E-state index contributed by atoms with van der Waals surface area (Å²) < 4.78 is 10.7. The third-order valence-corrected chi connectivity index (χ3v) is 5.40. The zero-order chi connectivity index (χ0) is 19.6. The highest BCUT2D eigenvalue weighted by atomic mass is 32.2. The lowest BCUT2D eigenvalue weighted by atomic mass is 10.1. The molecule has 0 N–H and O–H groups in total. The van der Waals surface area contributed by atoms with Gasteiger partial charge in [-0.25, -0.2) is 0 Å². The Bertz CT molecular complexity index is 895. The number of hydrogen-bond donors (Lipinski definition) is 0. The maximum absolute atomic E-state index is 5.40. The largest absolute Gasteiger partial charge is 0.493 e. The fraction of sp³-hybridized carbons (Fsp3) is 0.208. The van der Waals surface area contributed by atoms with E-state index < -0.39 is 0 Å². The molecule has 0 bridgehead atoms. The van der Waals surface area contributed by atoms with Crippen molar-refractivity contribution in [2.75, 3.05) is 26.5 Å². The Labute approximate surface area is 171 Å². The summed E-state index contributed by atoms with van der Waals surface area (Å²) in [5.41, 5.74) is 3.48. The van der Waals surface area contributed by atoms with Crippen LogP contribution >= 0.6 is 11.8 Å². The van der Waals surface area contributed by atoms with Gasteiger partial charge in [0.1, 0.15) is 0 Å². The molecule has 0 radical (unpaired) electrons. The SMILES string of the molecule is COc1ccc(CCN=C(CSc2ccccc2)c2ccccc2)cc1OC. The topological polar surface area (TPSA) is 30.8 Å². The van der Waals surface area contributed by atoms with Gasteiger partial charge in [0.05, 0.1) is 19.9 Å². The van der Waals surface area contributed by atoms with Gasteiger partial charge in [0, 0.05) is 17.2 Å². The molecule has 0 aliphatic rings. The second kappa shape index (κ2) is 10.6. The first-order chi connectivity index (χ1) is 13.8. The van der Waals surface area contributed by atoms with E-state index in [1.54, 1.807) is 14.2 Å². The van der Waals surface area contributed by atoms with Crippen LogP contribution in [0.5, 0.6) is 11.5 Å². The van der Waals surface area contributed by atoms with Crippen LogP contribution in [-0.2, 0) is 6.42 Å². The molecule has 0 atom stereocenters. The summed E-state index contributed by atoms with van der Waals surface area (Å²) in [6.07, 6.45) is 0.854. The van der Waals surface area contributed by atoms with Crippen LogP contribution in [0.15, 0.2) is 88.8 Å². The van der Waals surface area contributed by atoms with Crippen LogP contribution in [0.4, 0.5) is 0 Å². The first kappa shape index (κ1) is 20.0. The van der Waals surface area contributed by atoms with Crippen molar-refractivity contribution in [3.63, 3.8) is 0 Å². The normalized spacial score (nSPS) is 11.3. The van der Waals surface area contributed by atoms with Crippen LogP contribution in [0.3, 0.4) is 0 Å². The molecule has 0 spiro atoms. The van der Waals surface area contributed by atoms with E-state index in [1.165, 1.54) is 16.0 Å².